The summed E-state index contributed by atoms with van der Waals surface area (Å²) >= 11 is 1.12. The molecule has 0 saturated carbocycles. The van der Waals surface area contributed by atoms with Gasteiger partial charge in [0, 0.05) is 0 Å². The van der Waals surface area contributed by atoms with E-state index in [1.165, 1.54) is 6.07 Å². The van der Waals surface area contributed by atoms with E-state index in [1.807, 2.05) is 0 Å². The highest BCUT2D eigenvalue weighted by molar-refractivity contribution is 8.00. The van der Waals surface area contributed by atoms with E-state index in [1.54, 1.807) is 32.0 Å². The molecular formula is C14H15FN2O3S. The van der Waals surface area contributed by atoms with Crippen LogP contribution in [0.3, 0.4) is 0 Å². The number of esters is 1. The molecule has 0 radical (unpaired) electrons. The molecule has 0 saturated heterocycles. The van der Waals surface area contributed by atoms with E-state index >= 15 is 0 Å². The quantitative estimate of drug-likeness (QED) is 0.604. The summed E-state index contributed by atoms with van der Waals surface area (Å²) in [5.41, 5.74) is 0.483. The Hall–Kier alpha value is -1.89. The number of thioether (sulfide) groups is 1. The molecule has 2 aromatic rings. The van der Waals surface area contributed by atoms with Gasteiger partial charge in [-0.2, -0.15) is 0 Å². The van der Waals surface area contributed by atoms with Crippen LogP contribution in [-0.2, 0) is 16.0 Å². The molecule has 1 heterocycles. The van der Waals surface area contributed by atoms with Crippen molar-refractivity contribution in [3.8, 4) is 0 Å². The molecule has 112 valence electrons. The SMILES string of the molecule is CCOC(=O)C(C)Sc1nnc(Cc2ccccc2F)o1. The van der Waals surface area contributed by atoms with Gasteiger partial charge in [-0.25, -0.2) is 4.39 Å². The van der Waals surface area contributed by atoms with Crippen molar-refractivity contribution in [1.29, 1.82) is 0 Å². The maximum atomic E-state index is 13.5. The zero-order valence-electron chi connectivity index (χ0n) is 11.7. The first kappa shape index (κ1) is 15.5. The Bertz CT molecular complexity index is 618. The lowest BCUT2D eigenvalue weighted by atomic mass is 10.1. The Kier molecular flexibility index (Phi) is 5.32. The number of ether oxygens (including phenoxy) is 1. The van der Waals surface area contributed by atoms with E-state index in [2.05, 4.69) is 10.2 Å². The van der Waals surface area contributed by atoms with Gasteiger partial charge in [-0.15, -0.1) is 10.2 Å². The number of hydrogen-bond acceptors (Lipinski definition) is 6. The fourth-order valence-corrected chi connectivity index (χ4v) is 2.32. The normalized spacial score (nSPS) is 12.1. The Labute approximate surface area is 125 Å². The highest BCUT2D eigenvalue weighted by Gasteiger charge is 2.19. The fourth-order valence-electron chi connectivity index (χ4n) is 1.62. The Balaban J connectivity index is 1.99. The van der Waals surface area contributed by atoms with Crippen molar-refractivity contribution in [1.82, 2.24) is 10.2 Å². The van der Waals surface area contributed by atoms with Crippen molar-refractivity contribution in [3.05, 3.63) is 41.5 Å². The number of nitrogens with zero attached hydrogens (tertiary/aromatic N) is 2. The summed E-state index contributed by atoms with van der Waals surface area (Å²) in [5, 5.41) is 7.52. The molecule has 0 fully saturated rings. The monoisotopic (exact) mass is 310 g/mol. The van der Waals surface area contributed by atoms with E-state index in [-0.39, 0.29) is 23.4 Å². The van der Waals surface area contributed by atoms with Crippen molar-refractivity contribution in [2.45, 2.75) is 30.7 Å². The van der Waals surface area contributed by atoms with Crippen LogP contribution in [0.5, 0.6) is 0 Å². The van der Waals surface area contributed by atoms with Gasteiger partial charge in [0.15, 0.2) is 0 Å². The largest absolute Gasteiger partial charge is 0.465 e. The zero-order chi connectivity index (χ0) is 15.2. The third-order valence-corrected chi connectivity index (χ3v) is 3.56. The second-order valence-electron chi connectivity index (χ2n) is 4.24. The summed E-state index contributed by atoms with van der Waals surface area (Å²) in [7, 11) is 0. The Morgan fingerprint density at radius 1 is 1.43 bits per heavy atom. The molecule has 0 spiro atoms. The van der Waals surface area contributed by atoms with Gasteiger partial charge in [-0.1, -0.05) is 30.0 Å². The summed E-state index contributed by atoms with van der Waals surface area (Å²) in [6.45, 7) is 3.77. The maximum absolute atomic E-state index is 13.5. The number of hydrogen-bond donors (Lipinski definition) is 0. The van der Waals surface area contributed by atoms with Gasteiger partial charge < -0.3 is 9.15 Å². The first-order chi connectivity index (χ1) is 10.1. The van der Waals surface area contributed by atoms with Crippen LogP contribution in [-0.4, -0.2) is 28.0 Å². The number of carbonyl (C=O) groups excluding carboxylic acids is 1. The van der Waals surface area contributed by atoms with Crippen LogP contribution in [0.2, 0.25) is 0 Å². The molecule has 1 aromatic heterocycles. The van der Waals surface area contributed by atoms with Gasteiger partial charge in [-0.05, 0) is 25.5 Å². The van der Waals surface area contributed by atoms with Crippen LogP contribution in [0.25, 0.3) is 0 Å². The summed E-state index contributed by atoms with van der Waals surface area (Å²) in [5.74, 6) is -0.347. The van der Waals surface area contributed by atoms with E-state index in [4.69, 9.17) is 9.15 Å². The van der Waals surface area contributed by atoms with Crippen molar-refractivity contribution < 1.29 is 18.3 Å². The highest BCUT2D eigenvalue weighted by atomic mass is 32.2. The van der Waals surface area contributed by atoms with Crippen molar-refractivity contribution in [2.24, 2.45) is 0 Å². The van der Waals surface area contributed by atoms with Crippen molar-refractivity contribution >= 4 is 17.7 Å². The minimum Gasteiger partial charge on any atom is -0.465 e. The third-order valence-electron chi connectivity index (χ3n) is 2.64. The number of carbonyl (C=O) groups is 1. The number of rotatable bonds is 6. The molecule has 1 aromatic carbocycles. The second kappa shape index (κ2) is 7.21. The number of aromatic nitrogens is 2. The van der Waals surface area contributed by atoms with Crippen molar-refractivity contribution in [3.63, 3.8) is 0 Å². The fraction of sp³-hybridized carbons (Fsp3) is 0.357. The van der Waals surface area contributed by atoms with Crippen LogP contribution in [0.1, 0.15) is 25.3 Å². The average molecular weight is 310 g/mol. The smallest absolute Gasteiger partial charge is 0.319 e. The molecule has 0 aliphatic carbocycles. The van der Waals surface area contributed by atoms with Crippen LogP contribution in [0.4, 0.5) is 4.39 Å². The number of benzene rings is 1. The van der Waals surface area contributed by atoms with Gasteiger partial charge in [-0.3, -0.25) is 4.79 Å². The second-order valence-corrected chi connectivity index (χ2v) is 5.53. The predicted molar refractivity (Wildman–Crippen MR) is 75.5 cm³/mol. The minimum absolute atomic E-state index is 0.216. The molecule has 0 amide bonds. The molecule has 7 heteroatoms. The molecular weight excluding hydrogens is 295 g/mol. The first-order valence-corrected chi connectivity index (χ1v) is 7.37. The maximum Gasteiger partial charge on any atom is 0.319 e. The van der Waals surface area contributed by atoms with Crippen LogP contribution in [0.15, 0.2) is 33.9 Å². The average Bonchev–Trinajstić information content (AvgIpc) is 2.89. The van der Waals surface area contributed by atoms with E-state index in [9.17, 15) is 9.18 Å². The van der Waals surface area contributed by atoms with E-state index < -0.39 is 5.25 Å². The minimum atomic E-state index is -0.438. The molecule has 0 aliphatic rings. The lowest BCUT2D eigenvalue weighted by molar-refractivity contribution is -0.142. The Morgan fingerprint density at radius 3 is 2.90 bits per heavy atom. The molecule has 21 heavy (non-hydrogen) atoms. The standard InChI is InChI=1S/C14H15FN2O3S/c1-3-19-13(18)9(2)21-14-17-16-12(20-14)8-10-6-4-5-7-11(10)15/h4-7,9H,3,8H2,1-2H3. The summed E-state index contributed by atoms with van der Waals surface area (Å²) < 4.78 is 23.8. The zero-order valence-corrected chi connectivity index (χ0v) is 12.5. The lowest BCUT2D eigenvalue weighted by Gasteiger charge is -2.06. The predicted octanol–water partition coefficient (Wildman–Crippen LogP) is 2.84. The lowest BCUT2D eigenvalue weighted by Crippen LogP contribution is -2.16. The molecule has 2 rings (SSSR count). The van der Waals surface area contributed by atoms with E-state index in [0.29, 0.717) is 18.1 Å². The summed E-state index contributed by atoms with van der Waals surface area (Å²) in [4.78, 5) is 11.5. The first-order valence-electron chi connectivity index (χ1n) is 6.49. The van der Waals surface area contributed by atoms with Crippen LogP contribution in [0, 0.1) is 5.82 Å². The van der Waals surface area contributed by atoms with E-state index in [0.717, 1.165) is 11.8 Å². The molecule has 0 bridgehead atoms. The molecule has 1 unspecified atom stereocenters. The highest BCUT2D eigenvalue weighted by Crippen LogP contribution is 2.23. The van der Waals surface area contributed by atoms with Crippen LogP contribution >= 0.6 is 11.8 Å². The van der Waals surface area contributed by atoms with Gasteiger partial charge in [0.05, 0.1) is 13.0 Å². The topological polar surface area (TPSA) is 65.2 Å². The molecule has 5 nitrogen and oxygen atoms in total. The molecule has 1 atom stereocenters. The van der Waals surface area contributed by atoms with Gasteiger partial charge in [0.2, 0.25) is 5.89 Å². The summed E-state index contributed by atoms with van der Waals surface area (Å²) in [6.07, 6.45) is 0.216. The molecule has 0 aliphatic heterocycles. The van der Waals surface area contributed by atoms with Crippen LogP contribution < -0.4 is 0 Å². The number of halogens is 1. The van der Waals surface area contributed by atoms with Gasteiger partial charge >= 0.3 is 5.97 Å². The summed E-state index contributed by atoms with van der Waals surface area (Å²) in [6, 6.07) is 6.40. The van der Waals surface area contributed by atoms with Crippen molar-refractivity contribution in [2.75, 3.05) is 6.61 Å². The Morgan fingerprint density at radius 2 is 2.19 bits per heavy atom. The van der Waals surface area contributed by atoms with Gasteiger partial charge in [0.1, 0.15) is 11.1 Å². The third kappa shape index (κ3) is 4.29. The van der Waals surface area contributed by atoms with Gasteiger partial charge in [0.25, 0.3) is 5.22 Å². The molecule has 0 N–H and O–H groups in total.